The van der Waals surface area contributed by atoms with Gasteiger partial charge in [0.2, 0.25) is 5.91 Å². The van der Waals surface area contributed by atoms with Crippen molar-refractivity contribution in [3.8, 4) is 5.69 Å². The van der Waals surface area contributed by atoms with Crippen molar-refractivity contribution >= 4 is 11.6 Å². The van der Waals surface area contributed by atoms with Crippen molar-refractivity contribution in [2.24, 2.45) is 0 Å². The van der Waals surface area contributed by atoms with E-state index in [2.05, 4.69) is 5.32 Å². The number of aryl methyl sites for hydroxylation is 3. The lowest BCUT2D eigenvalue weighted by Crippen LogP contribution is -2.41. The third-order valence-electron chi connectivity index (χ3n) is 4.81. The van der Waals surface area contributed by atoms with Crippen LogP contribution in [0, 0.1) is 19.7 Å². The van der Waals surface area contributed by atoms with Crippen LogP contribution in [0.5, 0.6) is 0 Å². The van der Waals surface area contributed by atoms with Crippen molar-refractivity contribution in [1.82, 2.24) is 9.13 Å². The third kappa shape index (κ3) is 4.18. The number of amides is 1. The number of hydrogen-bond acceptors (Lipinski definition) is 3. The molecule has 1 N–H and O–H groups in total. The minimum absolute atomic E-state index is 0.288. The van der Waals surface area contributed by atoms with Gasteiger partial charge in [0.1, 0.15) is 12.4 Å². The van der Waals surface area contributed by atoms with Crippen LogP contribution in [0.4, 0.5) is 10.1 Å². The molecule has 0 unspecified atom stereocenters. The Morgan fingerprint density at radius 2 is 1.79 bits per heavy atom. The number of anilines is 1. The zero-order valence-electron chi connectivity index (χ0n) is 16.5. The Labute approximate surface area is 167 Å². The van der Waals surface area contributed by atoms with Gasteiger partial charge in [0.05, 0.1) is 5.69 Å². The second kappa shape index (κ2) is 8.26. The third-order valence-corrected chi connectivity index (χ3v) is 4.81. The van der Waals surface area contributed by atoms with Gasteiger partial charge < -0.3 is 5.32 Å². The van der Waals surface area contributed by atoms with E-state index in [1.54, 1.807) is 6.92 Å². The van der Waals surface area contributed by atoms with Crippen LogP contribution in [0.1, 0.15) is 23.6 Å². The Bertz CT molecular complexity index is 1190. The van der Waals surface area contributed by atoms with Crippen molar-refractivity contribution in [2.75, 3.05) is 5.32 Å². The lowest BCUT2D eigenvalue weighted by Gasteiger charge is -2.14. The zero-order chi connectivity index (χ0) is 21.1. The summed E-state index contributed by atoms with van der Waals surface area (Å²) in [6, 6.07) is 9.75. The number of hydrogen-bond donors (Lipinski definition) is 1. The van der Waals surface area contributed by atoms with E-state index in [1.807, 2.05) is 32.0 Å². The van der Waals surface area contributed by atoms with Crippen LogP contribution in [0.15, 0.2) is 58.4 Å². The molecule has 1 heterocycles. The van der Waals surface area contributed by atoms with Gasteiger partial charge >= 0.3 is 11.1 Å². The maximum Gasteiger partial charge on any atom is 0.320 e. The van der Waals surface area contributed by atoms with Gasteiger partial charge in [-0.05, 0) is 49.1 Å². The van der Waals surface area contributed by atoms with E-state index >= 15 is 0 Å². The quantitative estimate of drug-likeness (QED) is 0.675. The smallest absolute Gasteiger partial charge is 0.320 e. The fourth-order valence-corrected chi connectivity index (χ4v) is 3.20. The van der Waals surface area contributed by atoms with Gasteiger partial charge in [-0.2, -0.15) is 0 Å². The van der Waals surface area contributed by atoms with Crippen molar-refractivity contribution in [3.05, 3.63) is 92.0 Å². The molecule has 3 rings (SSSR count). The summed E-state index contributed by atoms with van der Waals surface area (Å²) in [5, 5.41) is 2.83. The number of halogens is 1. The first kappa shape index (κ1) is 20.3. The first-order valence-electron chi connectivity index (χ1n) is 9.28. The maximum atomic E-state index is 13.6. The van der Waals surface area contributed by atoms with Crippen LogP contribution in [0.25, 0.3) is 5.69 Å². The predicted octanol–water partition coefficient (Wildman–Crippen LogP) is 2.96. The lowest BCUT2D eigenvalue weighted by molar-refractivity contribution is -0.116. The molecule has 3 aromatic rings. The number of aromatic nitrogens is 2. The van der Waals surface area contributed by atoms with Gasteiger partial charge in [-0.25, -0.2) is 4.39 Å². The summed E-state index contributed by atoms with van der Waals surface area (Å²) in [6.07, 6.45) is 3.47. The fraction of sp³-hybridized carbons (Fsp3) is 0.227. The van der Waals surface area contributed by atoms with Crippen LogP contribution in [-0.4, -0.2) is 15.0 Å². The molecular formula is C22H22FN3O3. The number of carbonyl (C=O) groups is 1. The molecule has 2 aromatic carbocycles. The highest BCUT2D eigenvalue weighted by molar-refractivity contribution is 5.92. The SMILES string of the molecule is CCc1cccc(C)c1NC(=O)Cn1ccn(-c2cc(F)ccc2C)c(=O)c1=O. The summed E-state index contributed by atoms with van der Waals surface area (Å²) < 4.78 is 15.7. The molecule has 0 saturated carbocycles. The second-order valence-corrected chi connectivity index (χ2v) is 6.85. The van der Waals surface area contributed by atoms with Gasteiger partial charge in [0.25, 0.3) is 0 Å². The Morgan fingerprint density at radius 1 is 1.03 bits per heavy atom. The monoisotopic (exact) mass is 395 g/mol. The van der Waals surface area contributed by atoms with Gasteiger partial charge in [0.15, 0.2) is 0 Å². The average molecular weight is 395 g/mol. The van der Waals surface area contributed by atoms with Gasteiger partial charge in [-0.15, -0.1) is 0 Å². The first-order valence-corrected chi connectivity index (χ1v) is 9.28. The van der Waals surface area contributed by atoms with Crippen molar-refractivity contribution < 1.29 is 9.18 Å². The van der Waals surface area contributed by atoms with E-state index in [9.17, 15) is 18.8 Å². The molecule has 0 bridgehead atoms. The minimum atomic E-state index is -0.855. The molecule has 7 heteroatoms. The summed E-state index contributed by atoms with van der Waals surface area (Å²) in [5.41, 5.74) is 1.86. The summed E-state index contributed by atoms with van der Waals surface area (Å²) in [6.45, 7) is 5.30. The molecule has 29 heavy (non-hydrogen) atoms. The maximum absolute atomic E-state index is 13.6. The molecule has 1 aromatic heterocycles. The largest absolute Gasteiger partial charge is 0.324 e. The molecule has 0 spiro atoms. The van der Waals surface area contributed by atoms with E-state index in [4.69, 9.17) is 0 Å². The van der Waals surface area contributed by atoms with Crippen LogP contribution in [0.3, 0.4) is 0 Å². The molecule has 0 atom stereocenters. The summed E-state index contributed by atoms with van der Waals surface area (Å²) in [7, 11) is 0. The summed E-state index contributed by atoms with van der Waals surface area (Å²) in [4.78, 5) is 37.5. The topological polar surface area (TPSA) is 73.1 Å². The number of rotatable bonds is 5. The minimum Gasteiger partial charge on any atom is -0.324 e. The van der Waals surface area contributed by atoms with Crippen molar-refractivity contribution in [1.29, 1.82) is 0 Å². The Morgan fingerprint density at radius 3 is 2.52 bits per heavy atom. The standard InChI is InChI=1S/C22H22FN3O3/c1-4-16-7-5-6-15(3)20(16)24-19(27)13-25-10-11-26(22(29)21(25)28)18-12-17(23)9-8-14(18)2/h5-12H,4,13H2,1-3H3,(H,24,27). The van der Waals surface area contributed by atoms with Gasteiger partial charge in [0, 0.05) is 18.1 Å². The molecule has 0 saturated heterocycles. The van der Waals surface area contributed by atoms with Crippen LogP contribution < -0.4 is 16.4 Å². The predicted molar refractivity (Wildman–Crippen MR) is 110 cm³/mol. The van der Waals surface area contributed by atoms with Crippen molar-refractivity contribution in [2.45, 2.75) is 33.7 Å². The molecule has 1 amide bonds. The second-order valence-electron chi connectivity index (χ2n) is 6.85. The Kier molecular flexibility index (Phi) is 5.77. The molecule has 0 fully saturated rings. The molecule has 150 valence electrons. The number of carbonyl (C=O) groups excluding carboxylic acids is 1. The highest BCUT2D eigenvalue weighted by atomic mass is 19.1. The molecule has 0 aliphatic carbocycles. The molecular weight excluding hydrogens is 373 g/mol. The normalized spacial score (nSPS) is 10.8. The van der Waals surface area contributed by atoms with Crippen molar-refractivity contribution in [3.63, 3.8) is 0 Å². The molecule has 6 nitrogen and oxygen atoms in total. The summed E-state index contributed by atoms with van der Waals surface area (Å²) in [5.74, 6) is -0.916. The van der Waals surface area contributed by atoms with Gasteiger partial charge in [-0.1, -0.05) is 31.2 Å². The van der Waals surface area contributed by atoms with E-state index in [-0.39, 0.29) is 12.2 Å². The van der Waals surface area contributed by atoms with E-state index in [0.717, 1.165) is 32.4 Å². The number of para-hydroxylation sites is 1. The molecule has 0 radical (unpaired) electrons. The number of nitrogens with zero attached hydrogens (tertiary/aromatic N) is 2. The number of benzene rings is 2. The first-order chi connectivity index (χ1) is 13.8. The van der Waals surface area contributed by atoms with Gasteiger partial charge in [-0.3, -0.25) is 23.5 Å². The summed E-state index contributed by atoms with van der Waals surface area (Å²) >= 11 is 0. The Hall–Kier alpha value is -3.48. The molecule has 0 aliphatic rings. The van der Waals surface area contributed by atoms with Crippen LogP contribution in [-0.2, 0) is 17.8 Å². The van der Waals surface area contributed by atoms with E-state index in [1.165, 1.54) is 30.6 Å². The number of nitrogens with one attached hydrogen (secondary N) is 1. The Balaban J connectivity index is 1.89. The van der Waals surface area contributed by atoms with E-state index in [0.29, 0.717) is 5.56 Å². The zero-order valence-corrected chi connectivity index (χ0v) is 16.5. The van der Waals surface area contributed by atoms with Crippen LogP contribution >= 0.6 is 0 Å². The highest BCUT2D eigenvalue weighted by Crippen LogP contribution is 2.21. The van der Waals surface area contributed by atoms with E-state index < -0.39 is 22.8 Å². The van der Waals surface area contributed by atoms with Crippen LogP contribution in [0.2, 0.25) is 0 Å². The lowest BCUT2D eigenvalue weighted by atomic mass is 10.1. The fourth-order valence-electron chi connectivity index (χ4n) is 3.20. The average Bonchev–Trinajstić information content (AvgIpc) is 2.69. The molecule has 0 aliphatic heterocycles. The highest BCUT2D eigenvalue weighted by Gasteiger charge is 2.13.